The normalized spacial score (nSPS) is 11.5. The molecule has 8 heteroatoms. The van der Waals surface area contributed by atoms with Gasteiger partial charge in [-0.05, 0) is 43.9 Å². The third kappa shape index (κ3) is 7.00. The number of rotatable bonds is 7. The van der Waals surface area contributed by atoms with Crippen LogP contribution in [0.4, 0.5) is 4.79 Å². The van der Waals surface area contributed by atoms with Gasteiger partial charge >= 0.3 is 6.09 Å². The van der Waals surface area contributed by atoms with E-state index in [0.29, 0.717) is 5.75 Å². The Hall–Kier alpha value is -2.77. The number of carbonyl (C=O) groups is 3. The molecule has 0 bridgehead atoms. The van der Waals surface area contributed by atoms with Gasteiger partial charge in [0.05, 0.1) is 6.61 Å². The van der Waals surface area contributed by atoms with E-state index in [9.17, 15) is 14.4 Å². The van der Waals surface area contributed by atoms with Crippen LogP contribution in [0.2, 0.25) is 0 Å². The minimum atomic E-state index is -0.839. The standard InChI is InChI=1S/C18H27N3O5/c1-6-25-18(24)19-16(11(2)3)17(23)21-20-15(22)10-26-14-9-12(4)7-8-13(14)5/h7-9,11,16H,6,10H2,1-5H3,(H,19,24)(H,20,22)(H,21,23). The zero-order valence-corrected chi connectivity index (χ0v) is 15.8. The van der Waals surface area contributed by atoms with Crippen LogP contribution >= 0.6 is 0 Å². The maximum Gasteiger partial charge on any atom is 0.407 e. The first kappa shape index (κ1) is 21.3. The minimum absolute atomic E-state index is 0.192. The van der Waals surface area contributed by atoms with Gasteiger partial charge in [0, 0.05) is 0 Å². The van der Waals surface area contributed by atoms with Crippen molar-refractivity contribution in [3.63, 3.8) is 0 Å². The van der Waals surface area contributed by atoms with Crippen molar-refractivity contribution in [1.29, 1.82) is 0 Å². The Bertz CT molecular complexity index is 646. The zero-order valence-electron chi connectivity index (χ0n) is 15.8. The molecule has 0 aromatic heterocycles. The molecule has 0 saturated heterocycles. The molecule has 8 nitrogen and oxygen atoms in total. The molecule has 0 radical (unpaired) electrons. The van der Waals surface area contributed by atoms with Gasteiger partial charge in [0.2, 0.25) is 0 Å². The molecule has 0 fully saturated rings. The number of hydrogen-bond acceptors (Lipinski definition) is 5. The predicted molar refractivity (Wildman–Crippen MR) is 96.5 cm³/mol. The molecule has 0 heterocycles. The molecule has 0 saturated carbocycles. The van der Waals surface area contributed by atoms with Crippen molar-refractivity contribution in [1.82, 2.24) is 16.2 Å². The molecule has 0 aliphatic heterocycles. The van der Waals surface area contributed by atoms with Crippen molar-refractivity contribution in [2.45, 2.75) is 40.7 Å². The second-order valence-electron chi connectivity index (χ2n) is 6.18. The number of alkyl carbamates (subject to hydrolysis) is 1. The van der Waals surface area contributed by atoms with Gasteiger partial charge in [0.15, 0.2) is 6.61 Å². The molecule has 1 aromatic rings. The molecule has 1 unspecified atom stereocenters. The Morgan fingerprint density at radius 2 is 1.81 bits per heavy atom. The highest BCUT2D eigenvalue weighted by atomic mass is 16.5. The van der Waals surface area contributed by atoms with E-state index in [2.05, 4.69) is 16.2 Å². The third-order valence-corrected chi connectivity index (χ3v) is 3.53. The molecular formula is C18H27N3O5. The van der Waals surface area contributed by atoms with Gasteiger partial charge < -0.3 is 14.8 Å². The highest BCUT2D eigenvalue weighted by Gasteiger charge is 2.25. The van der Waals surface area contributed by atoms with Gasteiger partial charge in [-0.25, -0.2) is 4.79 Å². The molecular weight excluding hydrogens is 338 g/mol. The number of nitrogens with one attached hydrogen (secondary N) is 3. The number of ether oxygens (including phenoxy) is 2. The van der Waals surface area contributed by atoms with Crippen molar-refractivity contribution in [2.75, 3.05) is 13.2 Å². The second kappa shape index (κ2) is 10.3. The van der Waals surface area contributed by atoms with Crippen LogP contribution in [0.1, 0.15) is 31.9 Å². The zero-order chi connectivity index (χ0) is 19.7. The van der Waals surface area contributed by atoms with Crippen molar-refractivity contribution >= 4 is 17.9 Å². The summed E-state index contributed by atoms with van der Waals surface area (Å²) in [4.78, 5) is 35.5. The fourth-order valence-corrected chi connectivity index (χ4v) is 2.09. The maximum absolute atomic E-state index is 12.2. The first-order valence-electron chi connectivity index (χ1n) is 8.46. The van der Waals surface area contributed by atoms with E-state index in [1.807, 2.05) is 32.0 Å². The van der Waals surface area contributed by atoms with Crippen LogP contribution in [0.25, 0.3) is 0 Å². The monoisotopic (exact) mass is 365 g/mol. The van der Waals surface area contributed by atoms with Gasteiger partial charge in [-0.1, -0.05) is 26.0 Å². The van der Waals surface area contributed by atoms with Crippen molar-refractivity contribution in [3.05, 3.63) is 29.3 Å². The van der Waals surface area contributed by atoms with E-state index in [4.69, 9.17) is 9.47 Å². The Morgan fingerprint density at radius 3 is 2.42 bits per heavy atom. The summed E-state index contributed by atoms with van der Waals surface area (Å²) in [5.41, 5.74) is 6.48. The van der Waals surface area contributed by atoms with Crippen LogP contribution in [0.3, 0.4) is 0 Å². The predicted octanol–water partition coefficient (Wildman–Crippen LogP) is 1.60. The van der Waals surface area contributed by atoms with E-state index in [0.717, 1.165) is 11.1 Å². The Morgan fingerprint density at radius 1 is 1.12 bits per heavy atom. The molecule has 0 spiro atoms. The van der Waals surface area contributed by atoms with E-state index < -0.39 is 23.9 Å². The topological polar surface area (TPSA) is 106 Å². The summed E-state index contributed by atoms with van der Waals surface area (Å²) in [5.74, 6) is -0.649. The third-order valence-electron chi connectivity index (χ3n) is 3.53. The van der Waals surface area contributed by atoms with E-state index in [1.54, 1.807) is 20.8 Å². The quantitative estimate of drug-likeness (QED) is 0.637. The lowest BCUT2D eigenvalue weighted by molar-refractivity contribution is -0.131. The highest BCUT2D eigenvalue weighted by molar-refractivity contribution is 5.88. The molecule has 1 aromatic carbocycles. The lowest BCUT2D eigenvalue weighted by atomic mass is 10.0. The molecule has 1 rings (SSSR count). The summed E-state index contributed by atoms with van der Waals surface area (Å²) in [6, 6.07) is 4.84. The summed E-state index contributed by atoms with van der Waals surface area (Å²) in [6.07, 6.45) is -0.689. The van der Waals surface area contributed by atoms with E-state index in [1.165, 1.54) is 0 Å². The smallest absolute Gasteiger partial charge is 0.407 e. The van der Waals surface area contributed by atoms with E-state index >= 15 is 0 Å². The summed E-state index contributed by atoms with van der Waals surface area (Å²) in [7, 11) is 0. The van der Waals surface area contributed by atoms with Crippen LogP contribution in [-0.4, -0.2) is 37.2 Å². The largest absolute Gasteiger partial charge is 0.483 e. The van der Waals surface area contributed by atoms with Crippen molar-refractivity contribution in [3.8, 4) is 5.75 Å². The molecule has 0 aliphatic rings. The van der Waals surface area contributed by atoms with Crippen molar-refractivity contribution < 1.29 is 23.9 Å². The number of carbonyl (C=O) groups excluding carboxylic acids is 3. The first-order valence-corrected chi connectivity index (χ1v) is 8.46. The molecule has 1 atom stereocenters. The molecule has 26 heavy (non-hydrogen) atoms. The average Bonchev–Trinajstić information content (AvgIpc) is 2.58. The van der Waals surface area contributed by atoms with Gasteiger partial charge in [-0.2, -0.15) is 0 Å². The maximum atomic E-state index is 12.2. The molecule has 3 N–H and O–H groups in total. The minimum Gasteiger partial charge on any atom is -0.483 e. The molecule has 0 aliphatic carbocycles. The van der Waals surface area contributed by atoms with Crippen LogP contribution < -0.4 is 20.9 Å². The van der Waals surface area contributed by atoms with Gasteiger partial charge in [-0.3, -0.25) is 20.4 Å². The number of hydrazine groups is 1. The summed E-state index contributed by atoms with van der Waals surface area (Å²) in [6.45, 7) is 8.95. The molecule has 144 valence electrons. The lowest BCUT2D eigenvalue weighted by Crippen LogP contribution is -2.55. The Kier molecular flexibility index (Phi) is 8.41. The van der Waals surface area contributed by atoms with Gasteiger partial charge in [-0.15, -0.1) is 0 Å². The van der Waals surface area contributed by atoms with Crippen LogP contribution in [0.15, 0.2) is 18.2 Å². The van der Waals surface area contributed by atoms with Gasteiger partial charge in [0.1, 0.15) is 11.8 Å². The Labute approximate surface area is 153 Å². The summed E-state index contributed by atoms with van der Waals surface area (Å²) >= 11 is 0. The average molecular weight is 365 g/mol. The second-order valence-corrected chi connectivity index (χ2v) is 6.18. The van der Waals surface area contributed by atoms with Gasteiger partial charge in [0.25, 0.3) is 11.8 Å². The number of amides is 3. The highest BCUT2D eigenvalue weighted by Crippen LogP contribution is 2.18. The Balaban J connectivity index is 2.49. The fourth-order valence-electron chi connectivity index (χ4n) is 2.09. The SMILES string of the molecule is CCOC(=O)NC(C(=O)NNC(=O)COc1cc(C)ccc1C)C(C)C. The molecule has 3 amide bonds. The lowest BCUT2D eigenvalue weighted by Gasteiger charge is -2.21. The first-order chi connectivity index (χ1) is 12.2. The van der Waals surface area contributed by atoms with E-state index in [-0.39, 0.29) is 19.1 Å². The number of benzene rings is 1. The van der Waals surface area contributed by atoms with Crippen LogP contribution in [0, 0.1) is 19.8 Å². The number of aryl methyl sites for hydroxylation is 2. The summed E-state index contributed by atoms with van der Waals surface area (Å²) in [5, 5.41) is 2.46. The van der Waals surface area contributed by atoms with Crippen molar-refractivity contribution in [2.24, 2.45) is 5.92 Å². The van der Waals surface area contributed by atoms with Crippen LogP contribution in [-0.2, 0) is 14.3 Å². The fraction of sp³-hybridized carbons (Fsp3) is 0.500. The van der Waals surface area contributed by atoms with Crippen LogP contribution in [0.5, 0.6) is 5.75 Å². The summed E-state index contributed by atoms with van der Waals surface area (Å²) < 4.78 is 10.2. The number of hydrogen-bond donors (Lipinski definition) is 3.